The first-order chi connectivity index (χ1) is 10.7. The van der Waals surface area contributed by atoms with Crippen molar-refractivity contribution >= 4 is 17.2 Å². The number of hydrogen-bond acceptors (Lipinski definition) is 4. The third kappa shape index (κ3) is 2.94. The molecule has 2 heterocycles. The number of amides is 1. The van der Waals surface area contributed by atoms with Gasteiger partial charge >= 0.3 is 0 Å². The molecule has 0 radical (unpaired) electrons. The molecule has 1 amide bonds. The van der Waals surface area contributed by atoms with E-state index in [4.69, 9.17) is 9.47 Å². The summed E-state index contributed by atoms with van der Waals surface area (Å²) in [6, 6.07) is 2.02. The third-order valence-electron chi connectivity index (χ3n) is 4.97. The number of thiophene rings is 1. The summed E-state index contributed by atoms with van der Waals surface area (Å²) in [5, 5.41) is 1.99. The molecule has 0 bridgehead atoms. The van der Waals surface area contributed by atoms with Crippen molar-refractivity contribution in [2.24, 2.45) is 5.92 Å². The molecule has 5 heteroatoms. The van der Waals surface area contributed by atoms with Crippen LogP contribution in [0.25, 0.3) is 0 Å². The van der Waals surface area contributed by atoms with Crippen LogP contribution < -0.4 is 0 Å². The normalized spacial score (nSPS) is 28.5. The van der Waals surface area contributed by atoms with Crippen LogP contribution in [-0.2, 0) is 9.47 Å². The average Bonchev–Trinajstić information content (AvgIpc) is 3.11. The average molecular weight is 323 g/mol. The van der Waals surface area contributed by atoms with Gasteiger partial charge in [-0.15, -0.1) is 11.3 Å². The van der Waals surface area contributed by atoms with Crippen molar-refractivity contribution in [1.29, 1.82) is 0 Å². The van der Waals surface area contributed by atoms with Gasteiger partial charge in [-0.3, -0.25) is 4.79 Å². The number of ether oxygens (including phenoxy) is 2. The molecule has 1 saturated heterocycles. The largest absolute Gasteiger partial charge is 0.381 e. The monoisotopic (exact) mass is 323 g/mol. The second kappa shape index (κ2) is 6.69. The van der Waals surface area contributed by atoms with Crippen LogP contribution in [0, 0.1) is 12.8 Å². The van der Waals surface area contributed by atoms with Crippen molar-refractivity contribution in [2.75, 3.05) is 32.9 Å². The molecule has 0 N–H and O–H groups in total. The lowest BCUT2D eigenvalue weighted by Gasteiger charge is -2.44. The molecule has 1 aliphatic heterocycles. The Labute approximate surface area is 136 Å². The predicted octanol–water partition coefficient (Wildman–Crippen LogP) is 3.10. The number of aryl methyl sites for hydroxylation is 1. The Bertz CT molecular complexity index is 530. The number of nitrogens with zero attached hydrogens (tertiary/aromatic N) is 1. The van der Waals surface area contributed by atoms with Crippen molar-refractivity contribution < 1.29 is 14.3 Å². The molecule has 0 aromatic carbocycles. The van der Waals surface area contributed by atoms with E-state index >= 15 is 0 Å². The lowest BCUT2D eigenvalue weighted by atomic mass is 9.89. The van der Waals surface area contributed by atoms with Crippen LogP contribution >= 0.6 is 11.3 Å². The zero-order chi connectivity index (χ0) is 15.6. The highest BCUT2D eigenvalue weighted by molar-refractivity contribution is 7.12. The molecule has 2 aliphatic rings. The maximum Gasteiger partial charge on any atom is 0.264 e. The van der Waals surface area contributed by atoms with Crippen LogP contribution in [0.3, 0.4) is 0 Å². The Morgan fingerprint density at radius 3 is 3.18 bits per heavy atom. The van der Waals surface area contributed by atoms with Gasteiger partial charge in [-0.2, -0.15) is 0 Å². The van der Waals surface area contributed by atoms with Crippen molar-refractivity contribution in [3.8, 4) is 0 Å². The van der Waals surface area contributed by atoms with Crippen LogP contribution in [0.4, 0.5) is 0 Å². The molecule has 1 spiro atoms. The van der Waals surface area contributed by atoms with Gasteiger partial charge in [0.25, 0.3) is 5.91 Å². The van der Waals surface area contributed by atoms with Gasteiger partial charge in [-0.1, -0.05) is 6.42 Å². The molecule has 4 nitrogen and oxygen atoms in total. The number of rotatable bonds is 4. The van der Waals surface area contributed by atoms with Crippen LogP contribution in [0.1, 0.15) is 41.4 Å². The third-order valence-corrected chi connectivity index (χ3v) is 5.98. The van der Waals surface area contributed by atoms with Crippen LogP contribution in [-0.4, -0.2) is 49.3 Å². The highest BCUT2D eigenvalue weighted by Gasteiger charge is 2.48. The van der Waals surface area contributed by atoms with E-state index in [1.54, 1.807) is 11.3 Å². The summed E-state index contributed by atoms with van der Waals surface area (Å²) >= 11 is 1.54. The highest BCUT2D eigenvalue weighted by atomic mass is 32.1. The van der Waals surface area contributed by atoms with Crippen LogP contribution in [0.5, 0.6) is 0 Å². The smallest absolute Gasteiger partial charge is 0.264 e. The van der Waals surface area contributed by atoms with E-state index < -0.39 is 0 Å². The fourth-order valence-corrected chi connectivity index (χ4v) is 4.62. The fourth-order valence-electron chi connectivity index (χ4n) is 3.72. The topological polar surface area (TPSA) is 38.8 Å². The Balaban J connectivity index is 1.73. The van der Waals surface area contributed by atoms with Gasteiger partial charge in [-0.25, -0.2) is 0 Å². The summed E-state index contributed by atoms with van der Waals surface area (Å²) in [5.41, 5.74) is 0.890. The van der Waals surface area contributed by atoms with Gasteiger partial charge in [0.15, 0.2) is 0 Å². The second-order valence-corrected chi connectivity index (χ2v) is 7.24. The van der Waals surface area contributed by atoms with E-state index in [1.807, 2.05) is 30.2 Å². The second-order valence-electron chi connectivity index (χ2n) is 6.32. The predicted molar refractivity (Wildman–Crippen MR) is 87.5 cm³/mol. The molecule has 1 aromatic heterocycles. The standard InChI is InChI=1S/C17H25NO3S/c1-3-20-11-14-5-4-7-17(14)12-18(8-9-21-17)16(19)15-13(2)6-10-22-15/h6,10,14H,3-5,7-9,11-12H2,1-2H3/t14-,17-/m1/s1. The van der Waals surface area contributed by atoms with Gasteiger partial charge in [0.05, 0.1) is 30.2 Å². The minimum Gasteiger partial charge on any atom is -0.381 e. The van der Waals surface area contributed by atoms with Gasteiger partial charge < -0.3 is 14.4 Å². The van der Waals surface area contributed by atoms with Gasteiger partial charge in [-0.05, 0) is 43.7 Å². The van der Waals surface area contributed by atoms with Gasteiger partial charge in [0.1, 0.15) is 0 Å². The molecule has 122 valence electrons. The maximum atomic E-state index is 12.8. The molecule has 0 unspecified atom stereocenters. The molecule has 22 heavy (non-hydrogen) atoms. The quantitative estimate of drug-likeness (QED) is 0.854. The van der Waals surface area contributed by atoms with E-state index in [0.29, 0.717) is 25.6 Å². The number of morpholine rings is 1. The molecule has 2 fully saturated rings. The Hall–Kier alpha value is -0.910. The maximum absolute atomic E-state index is 12.8. The first-order valence-corrected chi connectivity index (χ1v) is 9.09. The van der Waals surface area contributed by atoms with E-state index in [1.165, 1.54) is 0 Å². The zero-order valence-corrected chi connectivity index (χ0v) is 14.3. The lowest BCUT2D eigenvalue weighted by Crippen LogP contribution is -2.56. The van der Waals surface area contributed by atoms with Crippen molar-refractivity contribution in [3.05, 3.63) is 21.9 Å². The van der Waals surface area contributed by atoms with E-state index in [-0.39, 0.29) is 11.5 Å². The summed E-state index contributed by atoms with van der Waals surface area (Å²) in [4.78, 5) is 15.7. The molecule has 3 rings (SSSR count). The lowest BCUT2D eigenvalue weighted by molar-refractivity contribution is -0.132. The first kappa shape index (κ1) is 16.0. The Morgan fingerprint density at radius 2 is 2.45 bits per heavy atom. The molecular formula is C17H25NO3S. The summed E-state index contributed by atoms with van der Waals surface area (Å²) in [6.07, 6.45) is 3.34. The van der Waals surface area contributed by atoms with E-state index in [9.17, 15) is 4.79 Å². The summed E-state index contributed by atoms with van der Waals surface area (Å²) in [6.45, 7) is 7.56. The van der Waals surface area contributed by atoms with E-state index in [0.717, 1.165) is 42.9 Å². The van der Waals surface area contributed by atoms with Gasteiger partial charge in [0.2, 0.25) is 0 Å². The first-order valence-electron chi connectivity index (χ1n) is 8.21. The summed E-state index contributed by atoms with van der Waals surface area (Å²) in [5.74, 6) is 0.574. The Kier molecular flexibility index (Phi) is 4.85. The van der Waals surface area contributed by atoms with E-state index in [2.05, 4.69) is 0 Å². The molecule has 1 saturated carbocycles. The van der Waals surface area contributed by atoms with Crippen LogP contribution in [0.2, 0.25) is 0 Å². The molecule has 1 aliphatic carbocycles. The minimum absolute atomic E-state index is 0.164. The highest BCUT2D eigenvalue weighted by Crippen LogP contribution is 2.41. The zero-order valence-electron chi connectivity index (χ0n) is 13.5. The molecular weight excluding hydrogens is 298 g/mol. The fraction of sp³-hybridized carbons (Fsp3) is 0.706. The SMILES string of the molecule is CCOC[C@H]1CCC[C@@]12CN(C(=O)c1sccc1C)CCO2. The summed E-state index contributed by atoms with van der Waals surface area (Å²) in [7, 11) is 0. The van der Waals surface area contributed by atoms with Crippen LogP contribution in [0.15, 0.2) is 11.4 Å². The number of carbonyl (C=O) groups excluding carboxylic acids is 1. The van der Waals surface area contributed by atoms with Gasteiger partial charge in [0, 0.05) is 19.1 Å². The van der Waals surface area contributed by atoms with Crippen molar-refractivity contribution in [1.82, 2.24) is 4.90 Å². The number of carbonyl (C=O) groups is 1. The molecule has 2 atom stereocenters. The number of hydrogen-bond donors (Lipinski definition) is 0. The Morgan fingerprint density at radius 1 is 1.59 bits per heavy atom. The van der Waals surface area contributed by atoms with Crippen molar-refractivity contribution in [3.63, 3.8) is 0 Å². The summed E-state index contributed by atoms with van der Waals surface area (Å²) < 4.78 is 11.8. The minimum atomic E-state index is -0.186. The van der Waals surface area contributed by atoms with Crippen molar-refractivity contribution in [2.45, 2.75) is 38.7 Å². The molecule has 1 aromatic rings.